The molecule has 12 nitrogen and oxygen atoms in total. The zero-order chi connectivity index (χ0) is 43.2. The van der Waals surface area contributed by atoms with Crippen LogP contribution in [0.1, 0.15) is 41.5 Å². The summed E-state index contributed by atoms with van der Waals surface area (Å²) in [6.45, 7) is 15.6. The zero-order valence-corrected chi connectivity index (χ0v) is 36.5. The van der Waals surface area contributed by atoms with E-state index in [1.54, 1.807) is 43.5 Å². The maximum Gasteiger partial charge on any atom is 0.410 e. The molecule has 2 aromatic heterocycles. The number of hydrogen-bond donors (Lipinski definition) is 0. The summed E-state index contributed by atoms with van der Waals surface area (Å²) in [6.07, 6.45) is 2.93. The Labute approximate surface area is 358 Å². The third-order valence-electron chi connectivity index (χ3n) is 9.83. The van der Waals surface area contributed by atoms with Crippen molar-refractivity contribution in [2.24, 2.45) is 0 Å². The second kappa shape index (κ2) is 18.6. The van der Waals surface area contributed by atoms with Crippen molar-refractivity contribution < 1.29 is 23.5 Å². The predicted octanol–water partition coefficient (Wildman–Crippen LogP) is 8.36. The molecule has 0 spiro atoms. The molecule has 3 aromatic carbocycles. The Morgan fingerprint density at radius 3 is 1.38 bits per heavy atom. The number of piperazine rings is 2. The summed E-state index contributed by atoms with van der Waals surface area (Å²) in [7, 11) is 0. The van der Waals surface area contributed by atoms with E-state index >= 15 is 0 Å². The van der Waals surface area contributed by atoms with Crippen molar-refractivity contribution >= 4 is 39.5 Å². The smallest absolute Gasteiger partial charge is 0.410 e. The standard InChI is InChI=1S/C26H28FN3O3.C20H24BrN3O3/c1-26(2,3)33-25(32)29-17-15-28(16-18-29)22-13-14-30(21-7-5-4-6-8-21)24(31)23(22)19-9-11-20(27)12-10-19;1-20(2,3)27-19(26)23-13-11-22(12-14-23)16-9-10-24(18(25)17(16)21)15-7-5-4-6-8-15/h4-14H,15-18H2,1-3H3;4-10H,11-14H2,1-3H3. The van der Waals surface area contributed by atoms with Gasteiger partial charge in [-0.2, -0.15) is 0 Å². The number of halogens is 2. The van der Waals surface area contributed by atoms with E-state index in [1.807, 2.05) is 114 Å². The Morgan fingerprint density at radius 2 is 0.950 bits per heavy atom. The van der Waals surface area contributed by atoms with Crippen molar-refractivity contribution in [3.05, 3.63) is 140 Å². The Morgan fingerprint density at radius 1 is 0.550 bits per heavy atom. The minimum Gasteiger partial charge on any atom is -0.444 e. The fraction of sp³-hybridized carbons (Fsp3) is 0.348. The minimum absolute atomic E-state index is 0.103. The van der Waals surface area contributed by atoms with Gasteiger partial charge < -0.3 is 29.1 Å². The highest BCUT2D eigenvalue weighted by atomic mass is 79.9. The van der Waals surface area contributed by atoms with Crippen LogP contribution in [0.2, 0.25) is 0 Å². The van der Waals surface area contributed by atoms with Gasteiger partial charge in [0, 0.05) is 76.1 Å². The lowest BCUT2D eigenvalue weighted by molar-refractivity contribution is 0.0230. The summed E-state index contributed by atoms with van der Waals surface area (Å²) in [6, 6.07) is 28.7. The average molecular weight is 884 g/mol. The summed E-state index contributed by atoms with van der Waals surface area (Å²) >= 11 is 3.47. The Kier molecular flexibility index (Phi) is 13.5. The number of anilines is 2. The largest absolute Gasteiger partial charge is 0.444 e. The van der Waals surface area contributed by atoms with Crippen molar-refractivity contribution in [3.63, 3.8) is 0 Å². The van der Waals surface area contributed by atoms with Gasteiger partial charge in [0.2, 0.25) is 0 Å². The van der Waals surface area contributed by atoms with E-state index < -0.39 is 11.2 Å². The summed E-state index contributed by atoms with van der Waals surface area (Å²) < 4.78 is 28.3. The third kappa shape index (κ3) is 10.8. The van der Waals surface area contributed by atoms with Crippen LogP contribution in [-0.4, -0.2) is 94.7 Å². The van der Waals surface area contributed by atoms with Crippen molar-refractivity contribution in [1.82, 2.24) is 18.9 Å². The lowest BCUT2D eigenvalue weighted by Gasteiger charge is -2.37. The quantitative estimate of drug-likeness (QED) is 0.173. The Hall–Kier alpha value is -5.89. The molecule has 0 saturated carbocycles. The van der Waals surface area contributed by atoms with Crippen LogP contribution >= 0.6 is 15.9 Å². The first kappa shape index (κ1) is 43.7. The lowest BCUT2D eigenvalue weighted by atomic mass is 10.0. The first-order valence-electron chi connectivity index (χ1n) is 20.0. The number of benzene rings is 3. The molecule has 0 radical (unpaired) electrons. The average Bonchev–Trinajstić information content (AvgIpc) is 3.22. The third-order valence-corrected chi connectivity index (χ3v) is 10.6. The van der Waals surface area contributed by atoms with Crippen molar-refractivity contribution in [2.75, 3.05) is 62.2 Å². The second-order valence-corrected chi connectivity index (χ2v) is 17.3. The number of para-hydroxylation sites is 2. The van der Waals surface area contributed by atoms with Gasteiger partial charge in [-0.15, -0.1) is 0 Å². The SMILES string of the molecule is CC(C)(C)OC(=O)N1CCN(c2ccn(-c3ccccc3)c(=O)c2-c2ccc(F)cc2)CC1.CC(C)(C)OC(=O)N1CCN(c2ccn(-c3ccccc3)c(=O)c2Br)CC1. The van der Waals surface area contributed by atoms with E-state index in [0.29, 0.717) is 68.0 Å². The van der Waals surface area contributed by atoms with Crippen molar-refractivity contribution in [1.29, 1.82) is 0 Å². The van der Waals surface area contributed by atoms with Crippen LogP contribution < -0.4 is 20.9 Å². The van der Waals surface area contributed by atoms with E-state index in [-0.39, 0.29) is 29.1 Å². The number of carbonyl (C=O) groups is 2. The topological polar surface area (TPSA) is 110 Å². The Balaban J connectivity index is 0.000000205. The van der Waals surface area contributed by atoms with Gasteiger partial charge in [-0.3, -0.25) is 18.7 Å². The first-order valence-corrected chi connectivity index (χ1v) is 20.8. The monoisotopic (exact) mass is 882 g/mol. The van der Waals surface area contributed by atoms with Gasteiger partial charge in [-0.1, -0.05) is 48.5 Å². The van der Waals surface area contributed by atoms with E-state index in [2.05, 4.69) is 25.7 Å². The van der Waals surface area contributed by atoms with Gasteiger partial charge in [-0.05, 0) is 112 Å². The highest BCUT2D eigenvalue weighted by Crippen LogP contribution is 2.30. The van der Waals surface area contributed by atoms with E-state index in [1.165, 1.54) is 12.1 Å². The fourth-order valence-corrected chi connectivity index (χ4v) is 7.49. The number of carbonyl (C=O) groups excluding carboxylic acids is 2. The van der Waals surface area contributed by atoms with Crippen LogP contribution in [0, 0.1) is 5.82 Å². The lowest BCUT2D eigenvalue weighted by Crippen LogP contribution is -2.50. The molecule has 0 aliphatic carbocycles. The molecule has 5 aromatic rings. The van der Waals surface area contributed by atoms with Crippen LogP contribution in [-0.2, 0) is 9.47 Å². The van der Waals surface area contributed by atoms with Crippen LogP contribution in [0.15, 0.2) is 124 Å². The second-order valence-electron chi connectivity index (χ2n) is 16.5. The van der Waals surface area contributed by atoms with E-state index in [4.69, 9.17) is 9.47 Å². The first-order chi connectivity index (χ1) is 28.5. The molecule has 0 unspecified atom stereocenters. The van der Waals surface area contributed by atoms with Crippen LogP contribution in [0.3, 0.4) is 0 Å². The molecule has 316 valence electrons. The maximum absolute atomic E-state index is 13.6. The molecule has 2 aliphatic rings. The van der Waals surface area contributed by atoms with Crippen molar-refractivity contribution in [3.8, 4) is 22.5 Å². The number of aromatic nitrogens is 2. The number of ether oxygens (including phenoxy) is 2. The number of rotatable bonds is 5. The molecule has 0 N–H and O–H groups in total. The Bertz CT molecular complexity index is 2380. The number of amides is 2. The van der Waals surface area contributed by atoms with Crippen molar-refractivity contribution in [2.45, 2.75) is 52.7 Å². The number of pyridine rings is 2. The van der Waals surface area contributed by atoms with Crippen LogP contribution in [0.25, 0.3) is 22.5 Å². The molecule has 2 aliphatic heterocycles. The molecule has 2 amide bonds. The van der Waals surface area contributed by atoms with Gasteiger partial charge in [0.25, 0.3) is 11.1 Å². The predicted molar refractivity (Wildman–Crippen MR) is 237 cm³/mol. The summed E-state index contributed by atoms with van der Waals surface area (Å²) in [5.41, 5.74) is 3.01. The minimum atomic E-state index is -0.550. The fourth-order valence-electron chi connectivity index (χ4n) is 6.92. The highest BCUT2D eigenvalue weighted by Gasteiger charge is 2.29. The van der Waals surface area contributed by atoms with Gasteiger partial charge in [0.1, 0.15) is 21.5 Å². The zero-order valence-electron chi connectivity index (χ0n) is 34.9. The van der Waals surface area contributed by atoms with E-state index in [9.17, 15) is 23.6 Å². The summed E-state index contributed by atoms with van der Waals surface area (Å²) in [5, 5.41) is 0. The molecular formula is C46H52BrFN6O6. The molecule has 2 saturated heterocycles. The molecule has 0 atom stereocenters. The van der Waals surface area contributed by atoms with Gasteiger partial charge in [0.15, 0.2) is 0 Å². The van der Waals surface area contributed by atoms with Gasteiger partial charge in [-0.25, -0.2) is 14.0 Å². The highest BCUT2D eigenvalue weighted by molar-refractivity contribution is 9.10. The van der Waals surface area contributed by atoms with Crippen LogP contribution in [0.4, 0.5) is 25.4 Å². The molecule has 4 heterocycles. The number of hydrogen-bond acceptors (Lipinski definition) is 8. The molecule has 7 rings (SSSR count). The summed E-state index contributed by atoms with van der Waals surface area (Å²) in [4.78, 5) is 58.6. The van der Waals surface area contributed by atoms with Gasteiger partial charge in [0.05, 0.1) is 16.9 Å². The molecular weight excluding hydrogens is 831 g/mol. The van der Waals surface area contributed by atoms with E-state index in [0.717, 1.165) is 22.7 Å². The molecule has 60 heavy (non-hydrogen) atoms. The summed E-state index contributed by atoms with van der Waals surface area (Å²) in [5.74, 6) is -0.356. The molecule has 0 bridgehead atoms. The normalized spacial score (nSPS) is 14.6. The molecule has 14 heteroatoms. The van der Waals surface area contributed by atoms with Crippen LogP contribution in [0.5, 0.6) is 0 Å². The van der Waals surface area contributed by atoms with Gasteiger partial charge >= 0.3 is 12.2 Å². The maximum atomic E-state index is 13.6. The number of nitrogens with zero attached hydrogens (tertiary/aromatic N) is 6. The molecule has 2 fully saturated rings.